The molecule has 0 spiro atoms. The largest absolute Gasteiger partial charge is 0.312 e. The van der Waals surface area contributed by atoms with Crippen LogP contribution >= 0.6 is 0 Å². The van der Waals surface area contributed by atoms with Gasteiger partial charge in [-0.15, -0.1) is 0 Å². The maximum Gasteiger partial charge on any atom is 0.138 e. The minimum absolute atomic E-state index is 0.369. The number of nitrogens with zero attached hydrogens (tertiary/aromatic N) is 3. The van der Waals surface area contributed by atoms with Crippen LogP contribution in [-0.4, -0.2) is 33.9 Å². The fraction of sp³-hybridized carbons (Fsp3) is 0.529. The Balaban J connectivity index is 1.36. The van der Waals surface area contributed by atoms with Gasteiger partial charge >= 0.3 is 0 Å². The Morgan fingerprint density at radius 1 is 1.30 bits per heavy atom. The van der Waals surface area contributed by atoms with Crippen LogP contribution in [0.1, 0.15) is 29.4 Å². The molecule has 2 aliphatic heterocycles. The average molecular weight is 312 g/mol. The summed E-state index contributed by atoms with van der Waals surface area (Å²) in [6.07, 6.45) is 3.82. The molecular weight excluding hydrogens is 288 g/mol. The molecule has 2 aliphatic rings. The molecule has 0 saturated carbocycles. The fourth-order valence-corrected chi connectivity index (χ4v) is 3.58. The van der Waals surface area contributed by atoms with Crippen molar-refractivity contribution in [1.82, 2.24) is 30.9 Å². The third-order valence-corrected chi connectivity index (χ3v) is 5.00. The second-order valence-corrected chi connectivity index (χ2v) is 6.68. The number of aromatic nitrogens is 3. The smallest absolute Gasteiger partial charge is 0.138 e. The molecule has 3 atom stereocenters. The van der Waals surface area contributed by atoms with E-state index in [-0.39, 0.29) is 0 Å². The van der Waals surface area contributed by atoms with Crippen molar-refractivity contribution in [3.63, 3.8) is 0 Å². The van der Waals surface area contributed by atoms with E-state index < -0.39 is 0 Å². The molecule has 0 radical (unpaired) electrons. The van der Waals surface area contributed by atoms with E-state index in [1.54, 1.807) is 6.33 Å². The van der Waals surface area contributed by atoms with Gasteiger partial charge in [-0.2, -0.15) is 5.10 Å². The normalized spacial score (nSPS) is 27.1. The molecule has 3 heterocycles. The number of hydrogen-bond acceptors (Lipinski definition) is 5. The number of rotatable bonds is 4. The summed E-state index contributed by atoms with van der Waals surface area (Å²) in [6.45, 7) is 5.06. The van der Waals surface area contributed by atoms with Gasteiger partial charge in [0.1, 0.15) is 12.2 Å². The molecule has 6 heteroatoms. The molecule has 4 rings (SSSR count). The minimum Gasteiger partial charge on any atom is -0.312 e. The molecule has 0 bridgehead atoms. The molecule has 1 aromatic carbocycles. The van der Waals surface area contributed by atoms with Gasteiger partial charge in [-0.25, -0.2) is 15.1 Å². The monoisotopic (exact) mass is 312 g/mol. The van der Waals surface area contributed by atoms with Gasteiger partial charge in [0.2, 0.25) is 0 Å². The second-order valence-electron chi connectivity index (χ2n) is 6.68. The van der Waals surface area contributed by atoms with Crippen LogP contribution in [0.4, 0.5) is 0 Å². The van der Waals surface area contributed by atoms with Crippen molar-refractivity contribution >= 4 is 0 Å². The molecule has 0 amide bonds. The highest BCUT2D eigenvalue weighted by Crippen LogP contribution is 2.25. The number of benzene rings is 1. The van der Waals surface area contributed by atoms with Crippen molar-refractivity contribution < 1.29 is 0 Å². The highest BCUT2D eigenvalue weighted by atomic mass is 15.4. The zero-order chi connectivity index (χ0) is 15.6. The van der Waals surface area contributed by atoms with Gasteiger partial charge < -0.3 is 5.32 Å². The van der Waals surface area contributed by atoms with Crippen molar-refractivity contribution in [3.05, 3.63) is 47.5 Å². The van der Waals surface area contributed by atoms with Gasteiger partial charge in [0.25, 0.3) is 0 Å². The quantitative estimate of drug-likeness (QED) is 0.784. The van der Waals surface area contributed by atoms with Crippen LogP contribution in [0.5, 0.6) is 0 Å². The Bertz CT molecular complexity index is 649. The number of hydrazine groups is 1. The molecule has 1 saturated heterocycles. The van der Waals surface area contributed by atoms with E-state index in [0.717, 1.165) is 38.3 Å². The first kappa shape index (κ1) is 14.8. The minimum atomic E-state index is 0.369. The van der Waals surface area contributed by atoms with Crippen LogP contribution < -0.4 is 16.2 Å². The summed E-state index contributed by atoms with van der Waals surface area (Å²) >= 11 is 0. The maximum atomic E-state index is 4.30. The van der Waals surface area contributed by atoms with E-state index in [0.29, 0.717) is 18.0 Å². The fourth-order valence-electron chi connectivity index (χ4n) is 3.58. The highest BCUT2D eigenvalue weighted by Gasteiger charge is 2.29. The zero-order valence-corrected chi connectivity index (χ0v) is 13.5. The van der Waals surface area contributed by atoms with Crippen LogP contribution in [0.25, 0.3) is 0 Å². The molecule has 1 aromatic heterocycles. The Labute approximate surface area is 136 Å². The van der Waals surface area contributed by atoms with Gasteiger partial charge in [0, 0.05) is 31.5 Å². The molecule has 122 valence electrons. The van der Waals surface area contributed by atoms with Crippen LogP contribution in [0.3, 0.4) is 0 Å². The molecule has 23 heavy (non-hydrogen) atoms. The molecule has 3 unspecified atom stereocenters. The number of aryl methyl sites for hydroxylation is 2. The lowest BCUT2D eigenvalue weighted by molar-refractivity contribution is 0.330. The molecule has 0 aliphatic carbocycles. The lowest BCUT2D eigenvalue weighted by atomic mass is 9.94. The molecule has 6 nitrogen and oxygen atoms in total. The van der Waals surface area contributed by atoms with Crippen LogP contribution in [0.2, 0.25) is 0 Å². The van der Waals surface area contributed by atoms with E-state index in [2.05, 4.69) is 57.4 Å². The first-order valence-electron chi connectivity index (χ1n) is 8.44. The Morgan fingerprint density at radius 3 is 3.04 bits per heavy atom. The van der Waals surface area contributed by atoms with Crippen LogP contribution in [0.15, 0.2) is 30.6 Å². The highest BCUT2D eigenvalue weighted by molar-refractivity contribution is 5.25. The maximum absolute atomic E-state index is 4.30. The van der Waals surface area contributed by atoms with Crippen LogP contribution in [0, 0.1) is 12.8 Å². The molecule has 2 aromatic rings. The summed E-state index contributed by atoms with van der Waals surface area (Å²) in [5, 5.41) is 8.04. The van der Waals surface area contributed by atoms with Crippen molar-refractivity contribution in [2.75, 3.05) is 13.1 Å². The van der Waals surface area contributed by atoms with Gasteiger partial charge in [-0.05, 0) is 18.9 Å². The Kier molecular flexibility index (Phi) is 4.11. The summed E-state index contributed by atoms with van der Waals surface area (Å²) in [5.74, 6) is 1.67. The summed E-state index contributed by atoms with van der Waals surface area (Å²) < 4.78 is 2.03. The van der Waals surface area contributed by atoms with Gasteiger partial charge in [0.15, 0.2) is 0 Å². The standard InChI is InChI=1S/C17H24N6/c1-12-2-4-13(5-3-12)17-14(9-20-22-17)8-18-15-6-7-16-19-11-21-23(16)10-15/h2-5,11,14-15,17-18,20,22H,6-10H2,1H3. The van der Waals surface area contributed by atoms with Gasteiger partial charge in [0.05, 0.1) is 12.6 Å². The van der Waals surface area contributed by atoms with Crippen molar-refractivity contribution in [1.29, 1.82) is 0 Å². The number of hydrogen-bond donors (Lipinski definition) is 3. The third-order valence-electron chi connectivity index (χ3n) is 5.00. The first-order valence-corrected chi connectivity index (χ1v) is 8.44. The summed E-state index contributed by atoms with van der Waals surface area (Å²) in [6, 6.07) is 9.70. The van der Waals surface area contributed by atoms with Crippen molar-refractivity contribution in [2.45, 2.75) is 38.4 Å². The molecular formula is C17H24N6. The zero-order valence-electron chi connectivity index (χ0n) is 13.5. The molecule has 3 N–H and O–H groups in total. The predicted molar refractivity (Wildman–Crippen MR) is 88.7 cm³/mol. The van der Waals surface area contributed by atoms with E-state index >= 15 is 0 Å². The Morgan fingerprint density at radius 2 is 2.17 bits per heavy atom. The Hall–Kier alpha value is -1.76. The van der Waals surface area contributed by atoms with Crippen molar-refractivity contribution in [2.24, 2.45) is 5.92 Å². The lowest BCUT2D eigenvalue weighted by Gasteiger charge is -2.26. The first-order chi connectivity index (χ1) is 11.3. The van der Waals surface area contributed by atoms with Crippen molar-refractivity contribution in [3.8, 4) is 0 Å². The summed E-state index contributed by atoms with van der Waals surface area (Å²) in [5.41, 5.74) is 9.40. The predicted octanol–water partition coefficient (Wildman–Crippen LogP) is 0.956. The van der Waals surface area contributed by atoms with E-state index in [9.17, 15) is 0 Å². The third kappa shape index (κ3) is 3.15. The van der Waals surface area contributed by atoms with E-state index in [1.807, 2.05) is 4.68 Å². The van der Waals surface area contributed by atoms with E-state index in [1.165, 1.54) is 11.1 Å². The second kappa shape index (κ2) is 6.39. The lowest BCUT2D eigenvalue weighted by Crippen LogP contribution is -2.41. The summed E-state index contributed by atoms with van der Waals surface area (Å²) in [7, 11) is 0. The number of fused-ring (bicyclic) bond motifs is 1. The van der Waals surface area contributed by atoms with Gasteiger partial charge in [-0.1, -0.05) is 29.8 Å². The average Bonchev–Trinajstić information content (AvgIpc) is 3.22. The molecule has 1 fully saturated rings. The van der Waals surface area contributed by atoms with Gasteiger partial charge in [-0.3, -0.25) is 5.43 Å². The number of nitrogens with one attached hydrogen (secondary N) is 3. The SMILES string of the molecule is Cc1ccc(C2NNCC2CNC2CCc3ncnn3C2)cc1. The van der Waals surface area contributed by atoms with Crippen LogP contribution in [-0.2, 0) is 13.0 Å². The summed E-state index contributed by atoms with van der Waals surface area (Å²) in [4.78, 5) is 4.29. The van der Waals surface area contributed by atoms with E-state index in [4.69, 9.17) is 0 Å². The topological polar surface area (TPSA) is 66.8 Å².